The van der Waals surface area contributed by atoms with Gasteiger partial charge in [-0.1, -0.05) is 52.0 Å². The molecule has 5 rings (SSSR count). The average Bonchev–Trinajstić information content (AvgIpc) is 3.61. The quantitative estimate of drug-likeness (QED) is 0.196. The molecule has 6 bridgehead atoms. The molecular weight excluding hydrogens is 732 g/mol. The third-order valence-electron chi connectivity index (χ3n) is 11.8. The number of fused-ring (bicyclic) bond motifs is 6. The number of hydrogen-bond donors (Lipinski definition) is 4. The number of ether oxygens (including phenoxy) is 8. The van der Waals surface area contributed by atoms with Crippen LogP contribution in [0.4, 0.5) is 0 Å². The number of aliphatic hydroxyl groups excluding tert-OH is 3. The van der Waals surface area contributed by atoms with E-state index in [1.54, 1.807) is 6.92 Å². The molecule has 17 atom stereocenters. The van der Waals surface area contributed by atoms with E-state index in [4.69, 9.17) is 37.9 Å². The van der Waals surface area contributed by atoms with Crippen LogP contribution in [-0.2, 0) is 52.3 Å². The van der Waals surface area contributed by atoms with Gasteiger partial charge in [0.25, 0.3) is 0 Å². The standard InChI is InChI=1S/C41H64O15/c1-7-12-33(44)55-35-24(5)50-39(37(49-6)36(35)56-34(45)13-8-2)52-26-18-25-16-22(3)14-10-9-11-15-29-23(4)17-30(53-29)28(42)21-31-38(46)41(48,40(47)54-31)32(43)20-27(19-26)51-25/h9-11,14,22-32,35-39,42-43,46,48H,7-8,12-13,15-21H2,1-6H3/b11-9-,14-10+/t22-,23-,24-,25+,26-,27+,28-,29-,30-,31-,32+,35+,36+,37+,38+,39-,41+/m0/s1. The zero-order valence-corrected chi connectivity index (χ0v) is 33.6. The van der Waals surface area contributed by atoms with E-state index in [-0.39, 0.29) is 50.0 Å². The van der Waals surface area contributed by atoms with Crippen molar-refractivity contribution in [2.24, 2.45) is 11.8 Å². The normalized spacial score (nSPS) is 44.6. The number of carbonyl (C=O) groups excluding carboxylic acids is 3. The van der Waals surface area contributed by atoms with Crippen LogP contribution in [0.1, 0.15) is 105 Å². The first-order valence-corrected chi connectivity index (χ1v) is 20.5. The highest BCUT2D eigenvalue weighted by atomic mass is 16.7. The zero-order chi connectivity index (χ0) is 40.7. The van der Waals surface area contributed by atoms with Crippen molar-refractivity contribution in [3.05, 3.63) is 24.3 Å². The molecule has 4 N–H and O–H groups in total. The minimum Gasteiger partial charge on any atom is -0.457 e. The third kappa shape index (κ3) is 10.6. The summed E-state index contributed by atoms with van der Waals surface area (Å²) in [6, 6.07) is 0. The van der Waals surface area contributed by atoms with Gasteiger partial charge in [0.1, 0.15) is 18.3 Å². The first-order chi connectivity index (χ1) is 26.7. The first kappa shape index (κ1) is 44.6. The number of aliphatic hydroxyl groups is 4. The highest BCUT2D eigenvalue weighted by molar-refractivity contribution is 5.83. The lowest BCUT2D eigenvalue weighted by Crippen LogP contribution is -2.61. The summed E-state index contributed by atoms with van der Waals surface area (Å²) in [6.45, 7) is 9.52. The van der Waals surface area contributed by atoms with E-state index < -0.39 is 103 Å². The third-order valence-corrected chi connectivity index (χ3v) is 11.8. The Morgan fingerprint density at radius 3 is 2.12 bits per heavy atom. The van der Waals surface area contributed by atoms with Gasteiger partial charge in [-0.2, -0.15) is 0 Å². The fourth-order valence-electron chi connectivity index (χ4n) is 8.66. The molecule has 0 saturated carbocycles. The minimum atomic E-state index is -2.67. The van der Waals surface area contributed by atoms with Gasteiger partial charge in [0, 0.05) is 45.6 Å². The van der Waals surface area contributed by atoms with Crippen LogP contribution in [0.15, 0.2) is 24.3 Å². The molecule has 5 aliphatic heterocycles. The molecule has 15 nitrogen and oxygen atoms in total. The Bertz CT molecular complexity index is 1370. The molecule has 4 fully saturated rings. The predicted molar refractivity (Wildman–Crippen MR) is 199 cm³/mol. The van der Waals surface area contributed by atoms with Crippen molar-refractivity contribution in [2.75, 3.05) is 7.11 Å². The van der Waals surface area contributed by atoms with Crippen molar-refractivity contribution in [3.63, 3.8) is 0 Å². The van der Waals surface area contributed by atoms with Gasteiger partial charge in [0.05, 0.1) is 48.8 Å². The molecule has 5 heterocycles. The van der Waals surface area contributed by atoms with Crippen molar-refractivity contribution in [1.82, 2.24) is 0 Å². The summed E-state index contributed by atoms with van der Waals surface area (Å²) < 4.78 is 48.4. The molecule has 5 aliphatic rings. The lowest BCUT2D eigenvalue weighted by Gasteiger charge is -2.46. The van der Waals surface area contributed by atoms with E-state index in [1.165, 1.54) is 7.11 Å². The maximum atomic E-state index is 13.2. The van der Waals surface area contributed by atoms with Crippen LogP contribution >= 0.6 is 0 Å². The Morgan fingerprint density at radius 1 is 0.804 bits per heavy atom. The molecule has 0 unspecified atom stereocenters. The second-order valence-electron chi connectivity index (χ2n) is 16.4. The molecule has 0 radical (unpaired) electrons. The van der Waals surface area contributed by atoms with Crippen LogP contribution < -0.4 is 0 Å². The second-order valence-corrected chi connectivity index (χ2v) is 16.4. The van der Waals surface area contributed by atoms with Crippen LogP contribution in [0, 0.1) is 11.8 Å². The molecule has 4 saturated heterocycles. The molecule has 56 heavy (non-hydrogen) atoms. The molecular formula is C41H64O15. The van der Waals surface area contributed by atoms with Gasteiger partial charge >= 0.3 is 17.9 Å². The number of esters is 3. The van der Waals surface area contributed by atoms with Gasteiger partial charge < -0.3 is 58.3 Å². The predicted octanol–water partition coefficient (Wildman–Crippen LogP) is 2.96. The number of methoxy groups -OCH3 is 1. The maximum Gasteiger partial charge on any atom is 0.344 e. The monoisotopic (exact) mass is 796 g/mol. The highest BCUT2D eigenvalue weighted by Gasteiger charge is 2.61. The van der Waals surface area contributed by atoms with Crippen molar-refractivity contribution in [2.45, 2.75) is 196 Å². The van der Waals surface area contributed by atoms with Crippen LogP contribution in [0.2, 0.25) is 0 Å². The van der Waals surface area contributed by atoms with E-state index in [0.717, 1.165) is 0 Å². The van der Waals surface area contributed by atoms with Gasteiger partial charge in [0.2, 0.25) is 5.60 Å². The number of rotatable bonds is 9. The van der Waals surface area contributed by atoms with Gasteiger partial charge in [-0.25, -0.2) is 4.79 Å². The van der Waals surface area contributed by atoms with Crippen LogP contribution in [0.5, 0.6) is 0 Å². The Hall–Kier alpha value is -2.47. The fourth-order valence-corrected chi connectivity index (χ4v) is 8.66. The van der Waals surface area contributed by atoms with E-state index in [1.807, 2.05) is 39.0 Å². The first-order valence-electron chi connectivity index (χ1n) is 20.5. The van der Waals surface area contributed by atoms with E-state index >= 15 is 0 Å². The Balaban J connectivity index is 1.38. The lowest BCUT2D eigenvalue weighted by molar-refractivity contribution is -0.319. The van der Waals surface area contributed by atoms with Crippen molar-refractivity contribution in [3.8, 4) is 0 Å². The molecule has 0 spiro atoms. The zero-order valence-electron chi connectivity index (χ0n) is 33.6. The summed E-state index contributed by atoms with van der Waals surface area (Å²) in [7, 11) is 1.43. The van der Waals surface area contributed by atoms with Crippen molar-refractivity contribution >= 4 is 17.9 Å². The molecule has 0 aromatic rings. The largest absolute Gasteiger partial charge is 0.457 e. The molecule has 15 heteroatoms. The Morgan fingerprint density at radius 2 is 1.46 bits per heavy atom. The van der Waals surface area contributed by atoms with Crippen molar-refractivity contribution in [1.29, 1.82) is 0 Å². The van der Waals surface area contributed by atoms with Crippen LogP contribution in [-0.4, -0.2) is 137 Å². The molecule has 0 aromatic carbocycles. The number of hydrogen-bond acceptors (Lipinski definition) is 15. The van der Waals surface area contributed by atoms with Gasteiger partial charge in [-0.3, -0.25) is 9.59 Å². The van der Waals surface area contributed by atoms with E-state index in [0.29, 0.717) is 38.5 Å². The van der Waals surface area contributed by atoms with Crippen molar-refractivity contribution < 1.29 is 72.7 Å². The average molecular weight is 797 g/mol. The molecule has 0 aliphatic carbocycles. The van der Waals surface area contributed by atoms with E-state index in [2.05, 4.69) is 13.0 Å². The molecule has 0 amide bonds. The summed E-state index contributed by atoms with van der Waals surface area (Å²) in [6.07, 6.45) is -1.67. The summed E-state index contributed by atoms with van der Waals surface area (Å²) in [5.74, 6) is -1.91. The Labute approximate surface area is 329 Å². The van der Waals surface area contributed by atoms with Crippen LogP contribution in [0.3, 0.4) is 0 Å². The summed E-state index contributed by atoms with van der Waals surface area (Å²) >= 11 is 0. The van der Waals surface area contributed by atoms with Gasteiger partial charge in [0.15, 0.2) is 18.5 Å². The van der Waals surface area contributed by atoms with Gasteiger partial charge in [-0.15, -0.1) is 0 Å². The lowest BCUT2D eigenvalue weighted by atomic mass is 9.83. The SMILES string of the molecule is CCCC(=O)O[C@H]1[C@@H](OC)[C@H](O[C@@H]2C[C@@H]3C[C@@H](O)[C@]4(O)C(=O)O[C@@H](C[C@H](O)[C@@H]5C[C@H](C)[C@H](C/C=C\C=C\[C@H](C)C[C@H](C2)O3)O5)[C@H]4O)O[C@@H](C)[C@H]1OC(=O)CCC. The second kappa shape index (κ2) is 20.0. The molecule has 0 aromatic heterocycles. The Kier molecular flexibility index (Phi) is 15.9. The smallest absolute Gasteiger partial charge is 0.344 e. The topological polar surface area (TPSA) is 206 Å². The summed E-state index contributed by atoms with van der Waals surface area (Å²) in [5, 5.41) is 45.4. The van der Waals surface area contributed by atoms with Crippen LogP contribution in [0.25, 0.3) is 0 Å². The van der Waals surface area contributed by atoms with Gasteiger partial charge in [-0.05, 0) is 50.9 Å². The summed E-state index contributed by atoms with van der Waals surface area (Å²) in [5.41, 5.74) is -2.67. The molecule has 318 valence electrons. The minimum absolute atomic E-state index is 0.0518. The number of carbonyl (C=O) groups is 3. The number of allylic oxidation sites excluding steroid dienone is 3. The summed E-state index contributed by atoms with van der Waals surface area (Å²) in [4.78, 5) is 38.6. The maximum absolute atomic E-state index is 13.2. The fraction of sp³-hybridized carbons (Fsp3) is 0.829. The van der Waals surface area contributed by atoms with E-state index in [9.17, 15) is 34.8 Å². The highest BCUT2D eigenvalue weighted by Crippen LogP contribution is 2.39.